The van der Waals surface area contributed by atoms with E-state index < -0.39 is 0 Å². The topological polar surface area (TPSA) is 86.8 Å². The normalized spacial score (nSPS) is 17.4. The van der Waals surface area contributed by atoms with Crippen LogP contribution in [0.25, 0.3) is 0 Å². The van der Waals surface area contributed by atoms with Crippen LogP contribution in [0.3, 0.4) is 0 Å². The molecular formula is C16H16N2O3. The number of fused-ring (bicyclic) bond motifs is 1. The molecule has 1 unspecified atom stereocenters. The number of phenolic OH excluding ortho intramolecular Hbond substituents is 2. The monoisotopic (exact) mass is 284 g/mol. The van der Waals surface area contributed by atoms with Crippen molar-refractivity contribution in [3.05, 3.63) is 53.6 Å². The highest BCUT2D eigenvalue weighted by molar-refractivity contribution is 6.07. The molecule has 2 aromatic rings. The first-order chi connectivity index (χ1) is 10.1. The van der Waals surface area contributed by atoms with Gasteiger partial charge in [-0.25, -0.2) is 0 Å². The van der Waals surface area contributed by atoms with E-state index in [1.165, 1.54) is 18.2 Å². The standard InChI is InChI=1S/C16H16N2O3/c17-14-5-6-18(15-4-2-1-3-13(14)15)16(21)10-7-11(19)9-12(20)8-10/h1-4,7-9,14,19-20H,5-6,17H2. The van der Waals surface area contributed by atoms with Gasteiger partial charge in [-0.05, 0) is 30.2 Å². The van der Waals surface area contributed by atoms with E-state index >= 15 is 0 Å². The van der Waals surface area contributed by atoms with Crippen LogP contribution in [0, 0.1) is 0 Å². The molecule has 0 aromatic heterocycles. The van der Waals surface area contributed by atoms with E-state index in [0.717, 1.165) is 11.3 Å². The molecule has 3 rings (SSSR count). The lowest BCUT2D eigenvalue weighted by Crippen LogP contribution is -2.38. The molecule has 0 saturated heterocycles. The van der Waals surface area contributed by atoms with Crippen molar-refractivity contribution >= 4 is 11.6 Å². The fraction of sp³-hybridized carbons (Fsp3) is 0.188. The van der Waals surface area contributed by atoms with Gasteiger partial charge < -0.3 is 20.8 Å². The number of nitrogens with zero attached hydrogens (tertiary/aromatic N) is 1. The summed E-state index contributed by atoms with van der Waals surface area (Å²) in [7, 11) is 0. The molecule has 0 aliphatic carbocycles. The third-order valence-corrected chi connectivity index (χ3v) is 3.69. The maximum Gasteiger partial charge on any atom is 0.258 e. The number of benzene rings is 2. The Kier molecular flexibility index (Phi) is 3.27. The number of rotatable bonds is 1. The van der Waals surface area contributed by atoms with Gasteiger partial charge in [0.05, 0.1) is 0 Å². The predicted octanol–water partition coefficient (Wildman–Crippen LogP) is 2.15. The quantitative estimate of drug-likeness (QED) is 0.749. The van der Waals surface area contributed by atoms with Gasteiger partial charge in [-0.1, -0.05) is 18.2 Å². The van der Waals surface area contributed by atoms with Crippen molar-refractivity contribution in [2.45, 2.75) is 12.5 Å². The SMILES string of the molecule is NC1CCN(C(=O)c2cc(O)cc(O)c2)c2ccccc21. The molecule has 0 bridgehead atoms. The van der Waals surface area contributed by atoms with Crippen molar-refractivity contribution in [1.82, 2.24) is 0 Å². The van der Waals surface area contributed by atoms with Gasteiger partial charge in [0.1, 0.15) is 11.5 Å². The van der Waals surface area contributed by atoms with Crippen LogP contribution in [0.2, 0.25) is 0 Å². The van der Waals surface area contributed by atoms with Crippen LogP contribution in [-0.4, -0.2) is 22.7 Å². The zero-order chi connectivity index (χ0) is 15.0. The Morgan fingerprint density at radius 3 is 2.52 bits per heavy atom. The molecule has 5 heteroatoms. The van der Waals surface area contributed by atoms with Gasteiger partial charge >= 0.3 is 0 Å². The van der Waals surface area contributed by atoms with E-state index in [1.807, 2.05) is 24.3 Å². The van der Waals surface area contributed by atoms with Crippen molar-refractivity contribution in [2.75, 3.05) is 11.4 Å². The van der Waals surface area contributed by atoms with Gasteiger partial charge in [0, 0.05) is 29.9 Å². The number of carbonyl (C=O) groups is 1. The fourth-order valence-electron chi connectivity index (χ4n) is 2.68. The van der Waals surface area contributed by atoms with E-state index in [9.17, 15) is 15.0 Å². The summed E-state index contributed by atoms with van der Waals surface area (Å²) in [5.41, 5.74) is 8.04. The van der Waals surface area contributed by atoms with Gasteiger partial charge in [0.2, 0.25) is 0 Å². The Labute approximate surface area is 122 Å². The molecule has 4 N–H and O–H groups in total. The van der Waals surface area contributed by atoms with Crippen molar-refractivity contribution < 1.29 is 15.0 Å². The summed E-state index contributed by atoms with van der Waals surface area (Å²) >= 11 is 0. The summed E-state index contributed by atoms with van der Waals surface area (Å²) in [4.78, 5) is 14.3. The molecule has 1 atom stereocenters. The lowest BCUT2D eigenvalue weighted by Gasteiger charge is -2.32. The minimum Gasteiger partial charge on any atom is -0.508 e. The number of para-hydroxylation sites is 1. The molecular weight excluding hydrogens is 268 g/mol. The molecule has 2 aromatic carbocycles. The van der Waals surface area contributed by atoms with Crippen LogP contribution in [0.15, 0.2) is 42.5 Å². The van der Waals surface area contributed by atoms with Gasteiger partial charge in [0.15, 0.2) is 0 Å². The number of anilines is 1. The van der Waals surface area contributed by atoms with Crippen molar-refractivity contribution in [1.29, 1.82) is 0 Å². The number of amides is 1. The van der Waals surface area contributed by atoms with Gasteiger partial charge in [-0.3, -0.25) is 4.79 Å². The molecule has 0 fully saturated rings. The van der Waals surface area contributed by atoms with E-state index in [2.05, 4.69) is 0 Å². The Morgan fingerprint density at radius 1 is 1.14 bits per heavy atom. The summed E-state index contributed by atoms with van der Waals surface area (Å²) in [6.45, 7) is 0.507. The predicted molar refractivity (Wildman–Crippen MR) is 79.4 cm³/mol. The molecule has 21 heavy (non-hydrogen) atoms. The molecule has 0 radical (unpaired) electrons. The maximum absolute atomic E-state index is 12.6. The molecule has 0 spiro atoms. The Bertz CT molecular complexity index is 679. The summed E-state index contributed by atoms with van der Waals surface area (Å²) in [5, 5.41) is 19.1. The largest absolute Gasteiger partial charge is 0.508 e. The molecule has 1 aliphatic heterocycles. The number of hydrogen-bond donors (Lipinski definition) is 3. The van der Waals surface area contributed by atoms with Crippen LogP contribution in [0.5, 0.6) is 11.5 Å². The summed E-state index contributed by atoms with van der Waals surface area (Å²) in [6, 6.07) is 11.3. The van der Waals surface area contributed by atoms with Crippen LogP contribution >= 0.6 is 0 Å². The summed E-state index contributed by atoms with van der Waals surface area (Å²) in [6.07, 6.45) is 0.674. The van der Waals surface area contributed by atoms with Crippen LogP contribution in [0.4, 0.5) is 5.69 Å². The Hall–Kier alpha value is -2.53. The number of nitrogens with two attached hydrogens (primary N) is 1. The Balaban J connectivity index is 2.01. The minimum absolute atomic E-state index is 0.0807. The third kappa shape index (κ3) is 2.43. The lowest BCUT2D eigenvalue weighted by molar-refractivity contribution is 0.0983. The second kappa shape index (κ2) is 5.10. The highest BCUT2D eigenvalue weighted by atomic mass is 16.3. The summed E-state index contributed by atoms with van der Waals surface area (Å²) < 4.78 is 0. The second-order valence-electron chi connectivity index (χ2n) is 5.15. The van der Waals surface area contributed by atoms with E-state index in [0.29, 0.717) is 13.0 Å². The van der Waals surface area contributed by atoms with E-state index in [1.54, 1.807) is 4.90 Å². The van der Waals surface area contributed by atoms with Crippen molar-refractivity contribution in [3.63, 3.8) is 0 Å². The molecule has 1 heterocycles. The summed E-state index contributed by atoms with van der Waals surface area (Å²) in [5.74, 6) is -0.541. The first-order valence-corrected chi connectivity index (χ1v) is 6.75. The molecule has 108 valence electrons. The zero-order valence-corrected chi connectivity index (χ0v) is 11.4. The van der Waals surface area contributed by atoms with E-state index in [4.69, 9.17) is 5.73 Å². The molecule has 1 amide bonds. The highest BCUT2D eigenvalue weighted by Gasteiger charge is 2.27. The number of carbonyl (C=O) groups excluding carboxylic acids is 1. The zero-order valence-electron chi connectivity index (χ0n) is 11.4. The van der Waals surface area contributed by atoms with Gasteiger partial charge in [-0.15, -0.1) is 0 Å². The van der Waals surface area contributed by atoms with Crippen LogP contribution in [-0.2, 0) is 0 Å². The number of phenols is 2. The molecule has 1 aliphatic rings. The Morgan fingerprint density at radius 2 is 1.81 bits per heavy atom. The first-order valence-electron chi connectivity index (χ1n) is 6.75. The smallest absolute Gasteiger partial charge is 0.258 e. The maximum atomic E-state index is 12.6. The number of hydrogen-bond acceptors (Lipinski definition) is 4. The fourth-order valence-corrected chi connectivity index (χ4v) is 2.68. The minimum atomic E-state index is -0.263. The van der Waals surface area contributed by atoms with Crippen LogP contribution in [0.1, 0.15) is 28.4 Å². The average molecular weight is 284 g/mol. The first kappa shape index (κ1) is 13.5. The number of aromatic hydroxyl groups is 2. The lowest BCUT2D eigenvalue weighted by atomic mass is 9.96. The molecule has 5 nitrogen and oxygen atoms in total. The second-order valence-corrected chi connectivity index (χ2v) is 5.15. The van der Waals surface area contributed by atoms with Crippen molar-refractivity contribution in [2.24, 2.45) is 5.73 Å². The third-order valence-electron chi connectivity index (χ3n) is 3.69. The average Bonchev–Trinajstić information content (AvgIpc) is 2.46. The van der Waals surface area contributed by atoms with E-state index in [-0.39, 0.29) is 29.0 Å². The van der Waals surface area contributed by atoms with Gasteiger partial charge in [0.25, 0.3) is 5.91 Å². The molecule has 0 saturated carbocycles. The van der Waals surface area contributed by atoms with Crippen LogP contribution < -0.4 is 10.6 Å². The highest BCUT2D eigenvalue weighted by Crippen LogP contribution is 2.33. The van der Waals surface area contributed by atoms with Crippen molar-refractivity contribution in [3.8, 4) is 11.5 Å². The van der Waals surface area contributed by atoms with Gasteiger partial charge in [-0.2, -0.15) is 0 Å².